The normalized spacial score (nSPS) is 10.0. The molecule has 0 aliphatic heterocycles. The molecule has 0 unspecified atom stereocenters. The number of benzene rings is 1. The zero-order valence-electron chi connectivity index (χ0n) is 13.2. The number of rotatable bonds is 3. The van der Waals surface area contributed by atoms with E-state index in [2.05, 4.69) is 16.0 Å². The molecule has 1 N–H and O–H groups in total. The Bertz CT molecular complexity index is 838. The predicted molar refractivity (Wildman–Crippen MR) is 89.1 cm³/mol. The molecule has 6 nitrogen and oxygen atoms in total. The van der Waals surface area contributed by atoms with E-state index in [1.54, 1.807) is 6.20 Å². The van der Waals surface area contributed by atoms with Crippen molar-refractivity contribution < 1.29 is 37.8 Å². The van der Waals surface area contributed by atoms with E-state index in [0.717, 1.165) is 17.3 Å². The van der Waals surface area contributed by atoms with Crippen LogP contribution in [0.15, 0.2) is 72.0 Å². The van der Waals surface area contributed by atoms with Crippen LogP contribution in [0.25, 0.3) is 11.3 Å². The standard InChI is InChI=1S/C11H8N.C6H7NO4S.Ir/c1-2-6-10(7-3-1)11-8-4-5-9-12-11;1-11-5-2-3-7-6(4-5)12(8,9)10;/h1-6,8-9H;2-4H,1H3,(H,8,9,10);/q-1;;. The van der Waals surface area contributed by atoms with Crippen molar-refractivity contribution in [3.8, 4) is 17.0 Å². The summed E-state index contributed by atoms with van der Waals surface area (Å²) in [7, 11) is -2.83. The van der Waals surface area contributed by atoms with Crippen LogP contribution in [0.2, 0.25) is 0 Å². The third-order valence-electron chi connectivity index (χ3n) is 2.86. The molecule has 0 amide bonds. The van der Waals surface area contributed by atoms with E-state index >= 15 is 0 Å². The van der Waals surface area contributed by atoms with Gasteiger partial charge >= 0.3 is 10.1 Å². The molecule has 0 fully saturated rings. The maximum absolute atomic E-state index is 10.5. The summed E-state index contributed by atoms with van der Waals surface area (Å²) in [5.41, 5.74) is 2.01. The molecular formula is C17H15IrN2O4S-. The summed E-state index contributed by atoms with van der Waals surface area (Å²) in [4.78, 5) is 7.66. The minimum atomic E-state index is -4.23. The number of hydrogen-bond donors (Lipinski definition) is 1. The summed E-state index contributed by atoms with van der Waals surface area (Å²) >= 11 is 0. The molecule has 2 aromatic heterocycles. The van der Waals surface area contributed by atoms with E-state index in [-0.39, 0.29) is 20.1 Å². The minimum absolute atomic E-state index is 0. The van der Waals surface area contributed by atoms with Gasteiger partial charge < -0.3 is 9.72 Å². The van der Waals surface area contributed by atoms with Gasteiger partial charge in [-0.3, -0.25) is 4.55 Å². The molecule has 0 aliphatic carbocycles. The average molecular weight is 536 g/mol. The number of methoxy groups -OCH3 is 1. The molecule has 2 heterocycles. The second kappa shape index (κ2) is 10.0. The number of pyridine rings is 2. The largest absolute Gasteiger partial charge is 0.497 e. The molecule has 0 saturated carbocycles. The van der Waals surface area contributed by atoms with Crippen molar-refractivity contribution in [2.24, 2.45) is 0 Å². The third kappa shape index (κ3) is 6.72. The number of aromatic nitrogens is 2. The molecule has 25 heavy (non-hydrogen) atoms. The van der Waals surface area contributed by atoms with Crippen LogP contribution in [-0.2, 0) is 30.2 Å². The molecule has 1 radical (unpaired) electrons. The molecular weight excluding hydrogens is 520 g/mol. The topological polar surface area (TPSA) is 89.4 Å². The van der Waals surface area contributed by atoms with Crippen molar-refractivity contribution in [3.63, 3.8) is 0 Å². The molecule has 1 aromatic carbocycles. The van der Waals surface area contributed by atoms with E-state index in [1.807, 2.05) is 42.5 Å². The van der Waals surface area contributed by atoms with Crippen LogP contribution >= 0.6 is 0 Å². The van der Waals surface area contributed by atoms with E-state index < -0.39 is 15.1 Å². The monoisotopic (exact) mass is 536 g/mol. The van der Waals surface area contributed by atoms with Crippen LogP contribution in [0, 0.1) is 6.07 Å². The van der Waals surface area contributed by atoms with Crippen LogP contribution in [0.5, 0.6) is 5.75 Å². The Labute approximate surface area is 160 Å². The SMILES string of the molecule is COc1ccnc(S(=O)(=O)O)c1.[Ir].[c-]1ccccc1-c1ccccn1. The quantitative estimate of drug-likeness (QED) is 0.410. The van der Waals surface area contributed by atoms with Crippen molar-refractivity contribution in [1.29, 1.82) is 0 Å². The van der Waals surface area contributed by atoms with Gasteiger partial charge in [-0.25, -0.2) is 4.98 Å². The summed E-state index contributed by atoms with van der Waals surface area (Å²) in [6.45, 7) is 0. The van der Waals surface area contributed by atoms with Gasteiger partial charge in [0.25, 0.3) is 0 Å². The van der Waals surface area contributed by atoms with Gasteiger partial charge in [0.15, 0.2) is 5.03 Å². The molecule has 133 valence electrons. The minimum Gasteiger partial charge on any atom is -0.497 e. The van der Waals surface area contributed by atoms with Gasteiger partial charge in [-0.1, -0.05) is 12.1 Å². The molecule has 8 heteroatoms. The molecule has 3 aromatic rings. The first-order valence-electron chi connectivity index (χ1n) is 6.86. The van der Waals surface area contributed by atoms with Crippen molar-refractivity contribution in [2.75, 3.05) is 7.11 Å². The van der Waals surface area contributed by atoms with Crippen LogP contribution < -0.4 is 4.74 Å². The maximum Gasteiger partial charge on any atom is 0.312 e. The van der Waals surface area contributed by atoms with Gasteiger partial charge in [-0.05, 0) is 17.8 Å². The Morgan fingerprint density at radius 2 is 1.80 bits per heavy atom. The first kappa shape index (κ1) is 20.9. The second-order valence-corrected chi connectivity index (χ2v) is 5.87. The fourth-order valence-electron chi connectivity index (χ4n) is 1.73. The molecule has 0 saturated heterocycles. The molecule has 0 spiro atoms. The number of nitrogens with zero attached hydrogens (tertiary/aromatic N) is 2. The zero-order chi connectivity index (χ0) is 17.4. The Balaban J connectivity index is 0.000000240. The second-order valence-electron chi connectivity index (χ2n) is 4.50. The van der Waals surface area contributed by atoms with Crippen molar-refractivity contribution >= 4 is 10.1 Å². The first-order valence-corrected chi connectivity index (χ1v) is 8.30. The fraction of sp³-hybridized carbons (Fsp3) is 0.0588. The summed E-state index contributed by atoms with van der Waals surface area (Å²) in [5, 5.41) is -0.415. The Hall–Kier alpha value is -2.12. The zero-order valence-corrected chi connectivity index (χ0v) is 16.4. The first-order chi connectivity index (χ1) is 11.5. The molecule has 0 aliphatic rings. The Morgan fingerprint density at radius 3 is 2.36 bits per heavy atom. The van der Waals surface area contributed by atoms with Crippen LogP contribution in [0.4, 0.5) is 0 Å². The Kier molecular flexibility index (Phi) is 8.37. The predicted octanol–water partition coefficient (Wildman–Crippen LogP) is 2.88. The van der Waals surface area contributed by atoms with Crippen LogP contribution in [0.3, 0.4) is 0 Å². The van der Waals surface area contributed by atoms with Gasteiger partial charge in [0.05, 0.1) is 7.11 Å². The van der Waals surface area contributed by atoms with Crippen molar-refractivity contribution in [2.45, 2.75) is 5.03 Å². The third-order valence-corrected chi connectivity index (χ3v) is 3.61. The molecule has 0 bridgehead atoms. The smallest absolute Gasteiger partial charge is 0.312 e. The van der Waals surface area contributed by atoms with Crippen LogP contribution in [-0.4, -0.2) is 30.0 Å². The summed E-state index contributed by atoms with van der Waals surface area (Å²) in [6.07, 6.45) is 3.03. The number of ether oxygens (including phenoxy) is 1. The van der Waals surface area contributed by atoms with Gasteiger partial charge in [0.1, 0.15) is 5.75 Å². The van der Waals surface area contributed by atoms with E-state index in [0.29, 0.717) is 5.75 Å². The molecule has 0 atom stereocenters. The van der Waals surface area contributed by atoms with Gasteiger partial charge in [-0.2, -0.15) is 8.42 Å². The average Bonchev–Trinajstić information content (AvgIpc) is 2.63. The van der Waals surface area contributed by atoms with E-state index in [9.17, 15) is 8.42 Å². The van der Waals surface area contributed by atoms with Crippen molar-refractivity contribution in [3.05, 3.63) is 73.1 Å². The summed E-state index contributed by atoms with van der Waals surface area (Å²) in [5.74, 6) is 0.331. The van der Waals surface area contributed by atoms with Gasteiger partial charge in [0, 0.05) is 38.6 Å². The number of hydrogen-bond acceptors (Lipinski definition) is 5. The van der Waals surface area contributed by atoms with Gasteiger partial charge in [-0.15, -0.1) is 35.9 Å². The van der Waals surface area contributed by atoms with E-state index in [1.165, 1.54) is 19.4 Å². The Morgan fingerprint density at radius 1 is 1.04 bits per heavy atom. The van der Waals surface area contributed by atoms with Crippen LogP contribution in [0.1, 0.15) is 0 Å². The summed E-state index contributed by atoms with van der Waals surface area (Å²) in [6, 6.07) is 19.4. The van der Waals surface area contributed by atoms with Gasteiger partial charge in [0.2, 0.25) is 0 Å². The fourth-order valence-corrected chi connectivity index (χ4v) is 2.19. The molecule has 3 rings (SSSR count). The van der Waals surface area contributed by atoms with E-state index in [4.69, 9.17) is 9.29 Å². The summed E-state index contributed by atoms with van der Waals surface area (Å²) < 4.78 is 34.4. The maximum atomic E-state index is 10.5. The van der Waals surface area contributed by atoms with Crippen molar-refractivity contribution in [1.82, 2.24) is 9.97 Å².